The van der Waals surface area contributed by atoms with Crippen LogP contribution < -0.4 is 9.80 Å². The molecule has 11 rings (SSSR count). The fourth-order valence-electron chi connectivity index (χ4n) is 10.2. The first-order valence-corrected chi connectivity index (χ1v) is 21.8. The molecule has 0 bridgehead atoms. The highest BCUT2D eigenvalue weighted by atomic mass is 15.1. The summed E-state index contributed by atoms with van der Waals surface area (Å²) in [4.78, 5) is 4.66. The monoisotopic (exact) mass is 796 g/mol. The molecule has 298 valence electrons. The predicted molar refractivity (Wildman–Crippen MR) is 262 cm³/mol. The molecule has 0 aromatic heterocycles. The third-order valence-electron chi connectivity index (χ3n) is 13.4. The number of nitrogens with zero attached hydrogens (tertiary/aromatic N) is 2. The molecule has 0 fully saturated rings. The minimum absolute atomic E-state index is 0.0942. The third-order valence-corrected chi connectivity index (χ3v) is 13.4. The maximum atomic E-state index is 2.54. The first-order valence-electron chi connectivity index (χ1n) is 21.8. The molecule has 2 aliphatic rings. The summed E-state index contributed by atoms with van der Waals surface area (Å²) in [5.74, 6) is 0. The number of hydrogen-bond acceptors (Lipinski definition) is 2. The van der Waals surface area contributed by atoms with Gasteiger partial charge in [-0.2, -0.15) is 0 Å². The van der Waals surface area contributed by atoms with Crippen molar-refractivity contribution < 1.29 is 0 Å². The van der Waals surface area contributed by atoms with Crippen molar-refractivity contribution in [2.45, 2.75) is 38.5 Å². The van der Waals surface area contributed by atoms with Gasteiger partial charge < -0.3 is 9.80 Å². The normalized spacial score (nSPS) is 13.7. The fourth-order valence-corrected chi connectivity index (χ4v) is 10.2. The lowest BCUT2D eigenvalue weighted by Crippen LogP contribution is -2.17. The molecule has 0 saturated heterocycles. The van der Waals surface area contributed by atoms with Crippen molar-refractivity contribution in [3.63, 3.8) is 0 Å². The van der Waals surface area contributed by atoms with E-state index in [-0.39, 0.29) is 10.8 Å². The molecule has 0 saturated carbocycles. The van der Waals surface area contributed by atoms with Crippen molar-refractivity contribution in [1.29, 1.82) is 0 Å². The summed E-state index contributed by atoms with van der Waals surface area (Å²) in [6, 6.07) is 79.9. The lowest BCUT2D eigenvalue weighted by molar-refractivity contribution is 0.652. The van der Waals surface area contributed by atoms with Crippen LogP contribution in [0.5, 0.6) is 0 Å². The molecule has 9 aromatic carbocycles. The molecule has 62 heavy (non-hydrogen) atoms. The lowest BCUT2D eigenvalue weighted by Gasteiger charge is -2.26. The number of rotatable bonds is 8. The molecule has 0 unspecified atom stereocenters. The number of para-hydroxylation sites is 4. The van der Waals surface area contributed by atoms with Gasteiger partial charge in [-0.3, -0.25) is 0 Å². The topological polar surface area (TPSA) is 6.48 Å². The molecule has 2 aliphatic carbocycles. The zero-order valence-electron chi connectivity index (χ0n) is 35.7. The maximum Gasteiger partial charge on any atom is 0.0462 e. The van der Waals surface area contributed by atoms with Crippen molar-refractivity contribution in [2.75, 3.05) is 9.80 Å². The largest absolute Gasteiger partial charge is 0.311 e. The molecule has 0 aliphatic heterocycles. The van der Waals surface area contributed by atoms with Crippen LogP contribution in [0.3, 0.4) is 0 Å². The number of hydrogen-bond donors (Lipinski definition) is 0. The van der Waals surface area contributed by atoms with Gasteiger partial charge in [0.25, 0.3) is 0 Å². The van der Waals surface area contributed by atoms with Crippen molar-refractivity contribution in [2.24, 2.45) is 0 Å². The summed E-state index contributed by atoms with van der Waals surface area (Å²) >= 11 is 0. The average molecular weight is 797 g/mol. The highest BCUT2D eigenvalue weighted by molar-refractivity contribution is 5.98. The summed E-state index contributed by atoms with van der Waals surface area (Å²) in [5.41, 5.74) is 22.3. The summed E-state index contributed by atoms with van der Waals surface area (Å²) in [6.45, 7) is 9.62. The van der Waals surface area contributed by atoms with E-state index in [0.717, 1.165) is 34.1 Å². The Morgan fingerprint density at radius 2 is 0.645 bits per heavy atom. The summed E-state index contributed by atoms with van der Waals surface area (Å²) in [7, 11) is 0. The van der Waals surface area contributed by atoms with E-state index >= 15 is 0 Å². The summed E-state index contributed by atoms with van der Waals surface area (Å²) in [6.07, 6.45) is 0. The van der Waals surface area contributed by atoms with E-state index in [2.05, 4.69) is 256 Å². The Balaban J connectivity index is 1.08. The molecule has 0 heterocycles. The van der Waals surface area contributed by atoms with Gasteiger partial charge in [0.05, 0.1) is 0 Å². The Kier molecular flexibility index (Phi) is 8.87. The summed E-state index contributed by atoms with van der Waals surface area (Å²) < 4.78 is 0. The second-order valence-electron chi connectivity index (χ2n) is 17.8. The molecule has 9 aromatic rings. The Hall–Kier alpha value is -7.42. The van der Waals surface area contributed by atoms with E-state index in [0.29, 0.717) is 0 Å². The molecular formula is C60H48N2. The zero-order chi connectivity index (χ0) is 42.0. The van der Waals surface area contributed by atoms with E-state index in [1.807, 2.05) is 0 Å². The van der Waals surface area contributed by atoms with Gasteiger partial charge in [-0.15, -0.1) is 0 Å². The third kappa shape index (κ3) is 6.09. The highest BCUT2D eigenvalue weighted by Gasteiger charge is 2.42. The van der Waals surface area contributed by atoms with Crippen LogP contribution in [-0.2, 0) is 10.8 Å². The Labute approximate surface area is 366 Å². The molecule has 0 N–H and O–H groups in total. The maximum absolute atomic E-state index is 2.54. The highest BCUT2D eigenvalue weighted by Crippen LogP contribution is 2.58. The number of anilines is 6. The van der Waals surface area contributed by atoms with Crippen molar-refractivity contribution in [3.8, 4) is 44.5 Å². The van der Waals surface area contributed by atoms with Gasteiger partial charge in [0, 0.05) is 45.0 Å². The van der Waals surface area contributed by atoms with Crippen LogP contribution in [0.1, 0.15) is 49.9 Å². The second kappa shape index (κ2) is 14.6. The number of benzene rings is 9. The smallest absolute Gasteiger partial charge is 0.0462 e. The van der Waals surface area contributed by atoms with Crippen LogP contribution >= 0.6 is 0 Å². The van der Waals surface area contributed by atoms with Crippen LogP contribution in [-0.4, -0.2) is 0 Å². The number of fused-ring (bicyclic) bond motifs is 6. The Bertz CT molecular complexity index is 3000. The second-order valence-corrected chi connectivity index (χ2v) is 17.8. The van der Waals surface area contributed by atoms with E-state index < -0.39 is 0 Å². The Morgan fingerprint density at radius 1 is 0.258 bits per heavy atom. The predicted octanol–water partition coefficient (Wildman–Crippen LogP) is 16.6. The molecule has 0 atom stereocenters. The molecule has 2 nitrogen and oxygen atoms in total. The Morgan fingerprint density at radius 3 is 1.15 bits per heavy atom. The molecule has 0 amide bonds. The molecule has 0 spiro atoms. The van der Waals surface area contributed by atoms with Gasteiger partial charge in [-0.1, -0.05) is 149 Å². The van der Waals surface area contributed by atoms with E-state index in [4.69, 9.17) is 0 Å². The van der Waals surface area contributed by atoms with E-state index in [9.17, 15) is 0 Å². The van der Waals surface area contributed by atoms with Crippen LogP contribution in [0.4, 0.5) is 34.1 Å². The van der Waals surface area contributed by atoms with Crippen molar-refractivity contribution in [1.82, 2.24) is 0 Å². The first kappa shape index (κ1) is 37.6. The van der Waals surface area contributed by atoms with Crippen LogP contribution in [0.15, 0.2) is 218 Å². The molecule has 2 heteroatoms. The van der Waals surface area contributed by atoms with Gasteiger partial charge >= 0.3 is 0 Å². The van der Waals surface area contributed by atoms with Crippen LogP contribution in [0.2, 0.25) is 0 Å². The minimum Gasteiger partial charge on any atom is -0.311 e. The zero-order valence-corrected chi connectivity index (χ0v) is 35.7. The van der Waals surface area contributed by atoms with Gasteiger partial charge in [-0.25, -0.2) is 0 Å². The van der Waals surface area contributed by atoms with Crippen molar-refractivity contribution >= 4 is 34.1 Å². The van der Waals surface area contributed by atoms with Gasteiger partial charge in [0.15, 0.2) is 0 Å². The minimum atomic E-state index is -0.221. The molecule has 0 radical (unpaired) electrons. The SMILES string of the molecule is CC1(C)c2ccccc2-c2cc3c(cc21)-c1c(-c2ccc(N(c4ccccc4)c4ccccc4)cc2)cc(-c2ccc(N(c4ccccc4)c4ccccc4)cc2)cc1C3(C)C. The summed E-state index contributed by atoms with van der Waals surface area (Å²) in [5, 5.41) is 0. The first-order chi connectivity index (χ1) is 30.3. The van der Waals surface area contributed by atoms with Gasteiger partial charge in [-0.05, 0) is 164 Å². The van der Waals surface area contributed by atoms with Crippen molar-refractivity contribution in [3.05, 3.63) is 241 Å². The quantitative estimate of drug-likeness (QED) is 0.151. The lowest BCUT2D eigenvalue weighted by atomic mass is 9.79. The standard InChI is InChI=1S/C60H48N2/c1-59(2)54-28-18-17-27-50(54)52-39-56-53(40-55(52)59)58-51(42-31-35-49(36-32-42)62(46-23-13-7-14-24-46)47-25-15-8-16-26-47)37-43(38-57(58)60(56,3)4)41-29-33-48(34-30-41)61(44-19-9-5-10-20-44)45-21-11-6-12-22-45/h5-40H,1-4H3. The van der Waals surface area contributed by atoms with E-state index in [1.54, 1.807) is 0 Å². The van der Waals surface area contributed by atoms with Crippen LogP contribution in [0, 0.1) is 0 Å². The fraction of sp³-hybridized carbons (Fsp3) is 0.100. The molecular weight excluding hydrogens is 749 g/mol. The van der Waals surface area contributed by atoms with E-state index in [1.165, 1.54) is 66.8 Å². The van der Waals surface area contributed by atoms with Crippen LogP contribution in [0.25, 0.3) is 44.5 Å². The average Bonchev–Trinajstić information content (AvgIpc) is 3.69. The van der Waals surface area contributed by atoms with Gasteiger partial charge in [0.1, 0.15) is 0 Å². The van der Waals surface area contributed by atoms with Gasteiger partial charge in [0.2, 0.25) is 0 Å².